The van der Waals surface area contributed by atoms with E-state index in [9.17, 15) is 8.42 Å². The van der Waals surface area contributed by atoms with Crippen LogP contribution < -0.4 is 9.46 Å². The largest absolute Gasteiger partial charge is 0.492 e. The third-order valence-electron chi connectivity index (χ3n) is 5.25. The molecule has 5 nitrogen and oxygen atoms in total. The average Bonchev–Trinajstić information content (AvgIpc) is 2.57. The van der Waals surface area contributed by atoms with E-state index < -0.39 is 10.0 Å². The highest BCUT2D eigenvalue weighted by molar-refractivity contribution is 7.89. The van der Waals surface area contributed by atoms with E-state index in [4.69, 9.17) is 4.74 Å². The van der Waals surface area contributed by atoms with Crippen LogP contribution in [0.3, 0.4) is 0 Å². The van der Waals surface area contributed by atoms with Gasteiger partial charge < -0.3 is 9.64 Å². The lowest BCUT2D eigenvalue weighted by Gasteiger charge is -2.42. The molecule has 1 saturated heterocycles. The van der Waals surface area contributed by atoms with Crippen molar-refractivity contribution in [2.24, 2.45) is 11.3 Å². The van der Waals surface area contributed by atoms with Crippen molar-refractivity contribution < 1.29 is 13.2 Å². The van der Waals surface area contributed by atoms with E-state index in [1.165, 1.54) is 6.42 Å². The lowest BCUT2D eigenvalue weighted by atomic mass is 9.79. The molecule has 1 fully saturated rings. The molecule has 0 amide bonds. The lowest BCUT2D eigenvalue weighted by Crippen LogP contribution is -2.50. The summed E-state index contributed by atoms with van der Waals surface area (Å²) in [6.45, 7) is 8.69. The van der Waals surface area contributed by atoms with E-state index in [1.54, 1.807) is 18.2 Å². The van der Waals surface area contributed by atoms with Crippen LogP contribution in [0.5, 0.6) is 5.75 Å². The van der Waals surface area contributed by atoms with Gasteiger partial charge in [-0.1, -0.05) is 26.0 Å². The summed E-state index contributed by atoms with van der Waals surface area (Å²) in [6, 6.07) is 6.89. The number of hydrogen-bond acceptors (Lipinski definition) is 4. The SMILES string of the molecule is CC(C)CCN1CCC2(CC1)CNS(=O)(=O)c1ccccc1OC2. The number of nitrogens with zero attached hydrogens (tertiary/aromatic N) is 1. The topological polar surface area (TPSA) is 58.6 Å². The van der Waals surface area contributed by atoms with Crippen LogP contribution in [-0.4, -0.2) is 46.1 Å². The molecule has 24 heavy (non-hydrogen) atoms. The Kier molecular flexibility index (Phi) is 5.18. The molecule has 134 valence electrons. The van der Waals surface area contributed by atoms with Crippen LogP contribution >= 0.6 is 0 Å². The second-order valence-electron chi connectivity index (χ2n) is 7.58. The maximum atomic E-state index is 12.5. The van der Waals surface area contributed by atoms with Crippen molar-refractivity contribution >= 4 is 10.0 Å². The summed E-state index contributed by atoms with van der Waals surface area (Å²) in [5.74, 6) is 1.18. The van der Waals surface area contributed by atoms with Gasteiger partial charge in [-0.05, 0) is 56.9 Å². The first-order valence-corrected chi connectivity index (χ1v) is 10.3. The standard InChI is InChI=1S/C18H28N2O3S/c1-15(2)7-10-20-11-8-18(9-12-20)13-19-24(21,22)17-6-4-3-5-16(17)23-14-18/h3-6,15,19H,7-14H2,1-2H3. The summed E-state index contributed by atoms with van der Waals surface area (Å²) in [6.07, 6.45) is 3.15. The van der Waals surface area contributed by atoms with Crippen molar-refractivity contribution in [2.75, 3.05) is 32.8 Å². The highest BCUT2D eigenvalue weighted by Crippen LogP contribution is 2.35. The maximum absolute atomic E-state index is 12.5. The molecule has 2 aliphatic heterocycles. The first-order valence-electron chi connectivity index (χ1n) is 8.84. The molecule has 1 N–H and O–H groups in total. The van der Waals surface area contributed by atoms with E-state index in [2.05, 4.69) is 23.5 Å². The number of para-hydroxylation sites is 1. The van der Waals surface area contributed by atoms with Gasteiger partial charge in [-0.15, -0.1) is 0 Å². The van der Waals surface area contributed by atoms with Crippen molar-refractivity contribution in [1.82, 2.24) is 9.62 Å². The Morgan fingerprint density at radius 1 is 1.25 bits per heavy atom. The van der Waals surface area contributed by atoms with E-state index in [0.29, 0.717) is 24.8 Å². The summed E-state index contributed by atoms with van der Waals surface area (Å²) >= 11 is 0. The molecular formula is C18H28N2O3S. The number of rotatable bonds is 3. The zero-order valence-electron chi connectivity index (χ0n) is 14.6. The lowest BCUT2D eigenvalue weighted by molar-refractivity contribution is 0.0536. The van der Waals surface area contributed by atoms with Crippen LogP contribution in [-0.2, 0) is 10.0 Å². The van der Waals surface area contributed by atoms with Gasteiger partial charge in [0.15, 0.2) is 0 Å². The normalized spacial score (nSPS) is 23.3. The Morgan fingerprint density at radius 3 is 2.67 bits per heavy atom. The van der Waals surface area contributed by atoms with Gasteiger partial charge >= 0.3 is 0 Å². The van der Waals surface area contributed by atoms with Gasteiger partial charge in [0.1, 0.15) is 10.6 Å². The molecule has 0 atom stereocenters. The van der Waals surface area contributed by atoms with Gasteiger partial charge in [-0.2, -0.15) is 0 Å². The Morgan fingerprint density at radius 2 is 1.96 bits per heavy atom. The van der Waals surface area contributed by atoms with E-state index >= 15 is 0 Å². The van der Waals surface area contributed by atoms with Crippen LogP contribution in [0.15, 0.2) is 29.2 Å². The molecule has 0 radical (unpaired) electrons. The molecule has 0 aromatic heterocycles. The van der Waals surface area contributed by atoms with Crippen molar-refractivity contribution in [2.45, 2.75) is 38.0 Å². The van der Waals surface area contributed by atoms with Gasteiger partial charge in [-0.25, -0.2) is 13.1 Å². The molecule has 6 heteroatoms. The van der Waals surface area contributed by atoms with Crippen LogP contribution in [0.4, 0.5) is 0 Å². The number of benzene rings is 1. The molecule has 2 heterocycles. The number of hydrogen-bond donors (Lipinski definition) is 1. The fourth-order valence-electron chi connectivity index (χ4n) is 3.41. The molecular weight excluding hydrogens is 324 g/mol. The molecule has 3 rings (SSSR count). The minimum Gasteiger partial charge on any atom is -0.492 e. The fraction of sp³-hybridized carbons (Fsp3) is 0.667. The van der Waals surface area contributed by atoms with E-state index in [1.807, 2.05) is 6.07 Å². The van der Waals surface area contributed by atoms with Crippen molar-refractivity contribution in [1.29, 1.82) is 0 Å². The quantitative estimate of drug-likeness (QED) is 0.908. The van der Waals surface area contributed by atoms with E-state index in [-0.39, 0.29) is 10.3 Å². The Hall–Kier alpha value is -1.11. The number of ether oxygens (including phenoxy) is 1. The third-order valence-corrected chi connectivity index (χ3v) is 6.69. The molecule has 0 unspecified atom stereocenters. The number of sulfonamides is 1. The van der Waals surface area contributed by atoms with Gasteiger partial charge in [0, 0.05) is 12.0 Å². The van der Waals surface area contributed by atoms with Gasteiger partial charge in [0.05, 0.1) is 6.61 Å². The van der Waals surface area contributed by atoms with Crippen LogP contribution in [0.1, 0.15) is 33.1 Å². The van der Waals surface area contributed by atoms with Crippen LogP contribution in [0.2, 0.25) is 0 Å². The highest BCUT2D eigenvalue weighted by atomic mass is 32.2. The van der Waals surface area contributed by atoms with Gasteiger partial charge in [0.2, 0.25) is 10.0 Å². The summed E-state index contributed by atoms with van der Waals surface area (Å²) in [4.78, 5) is 2.74. The average molecular weight is 353 g/mol. The molecule has 0 saturated carbocycles. The molecule has 1 aromatic carbocycles. The first-order chi connectivity index (χ1) is 11.4. The molecule has 1 aromatic rings. The number of likely N-dealkylation sites (tertiary alicyclic amines) is 1. The van der Waals surface area contributed by atoms with Gasteiger partial charge in [-0.3, -0.25) is 0 Å². The first kappa shape index (κ1) is 17.7. The third kappa shape index (κ3) is 3.92. The highest BCUT2D eigenvalue weighted by Gasteiger charge is 2.38. The van der Waals surface area contributed by atoms with E-state index in [0.717, 1.165) is 32.5 Å². The zero-order chi connectivity index (χ0) is 17.2. The number of fused-ring (bicyclic) bond motifs is 1. The minimum atomic E-state index is -3.50. The van der Waals surface area contributed by atoms with Gasteiger partial charge in [0.25, 0.3) is 0 Å². The van der Waals surface area contributed by atoms with Crippen molar-refractivity contribution in [3.05, 3.63) is 24.3 Å². The van der Waals surface area contributed by atoms with Crippen LogP contribution in [0.25, 0.3) is 0 Å². The maximum Gasteiger partial charge on any atom is 0.244 e. The monoisotopic (exact) mass is 352 g/mol. The predicted molar refractivity (Wildman–Crippen MR) is 94.7 cm³/mol. The summed E-state index contributed by atoms with van der Waals surface area (Å²) < 4.78 is 33.8. The molecule has 0 bridgehead atoms. The summed E-state index contributed by atoms with van der Waals surface area (Å²) in [5.41, 5.74) is -0.102. The smallest absolute Gasteiger partial charge is 0.244 e. The zero-order valence-corrected chi connectivity index (χ0v) is 15.4. The second-order valence-corrected chi connectivity index (χ2v) is 9.32. The minimum absolute atomic E-state index is 0.102. The Bertz CT molecular complexity index is 665. The molecule has 1 spiro atoms. The Balaban J connectivity index is 1.69. The predicted octanol–water partition coefficient (Wildman–Crippen LogP) is 2.49. The van der Waals surface area contributed by atoms with Crippen molar-refractivity contribution in [3.63, 3.8) is 0 Å². The summed E-state index contributed by atoms with van der Waals surface area (Å²) in [7, 11) is -3.50. The number of nitrogens with one attached hydrogen (secondary N) is 1. The van der Waals surface area contributed by atoms with Crippen LogP contribution in [0, 0.1) is 11.3 Å². The molecule has 2 aliphatic rings. The number of piperidine rings is 1. The summed E-state index contributed by atoms with van der Waals surface area (Å²) in [5, 5.41) is 0. The second kappa shape index (κ2) is 7.02. The Labute approximate surface area is 145 Å². The molecule has 0 aliphatic carbocycles. The fourth-order valence-corrected chi connectivity index (χ4v) is 4.71. The van der Waals surface area contributed by atoms with Crippen molar-refractivity contribution in [3.8, 4) is 5.75 Å².